The number of piperidine rings is 1. The van der Waals surface area contributed by atoms with Gasteiger partial charge in [0, 0.05) is 24.3 Å². The lowest BCUT2D eigenvalue weighted by atomic mass is 10.1. The zero-order valence-electron chi connectivity index (χ0n) is 13.5. The van der Waals surface area contributed by atoms with Gasteiger partial charge in [-0.05, 0) is 49.4 Å². The van der Waals surface area contributed by atoms with Gasteiger partial charge < -0.3 is 20.6 Å². The lowest BCUT2D eigenvalue weighted by molar-refractivity contribution is 0.132. The molecule has 1 fully saturated rings. The third-order valence-corrected chi connectivity index (χ3v) is 3.94. The van der Waals surface area contributed by atoms with E-state index in [1.165, 1.54) is 0 Å². The molecule has 0 aromatic heterocycles. The highest BCUT2D eigenvalue weighted by atomic mass is 16.6. The van der Waals surface area contributed by atoms with Crippen molar-refractivity contribution >= 4 is 11.5 Å². The van der Waals surface area contributed by atoms with E-state index < -0.39 is 0 Å². The summed E-state index contributed by atoms with van der Waals surface area (Å²) in [5.74, 6) is 1.00. The van der Waals surface area contributed by atoms with Crippen LogP contribution < -0.4 is 10.6 Å². The maximum atomic E-state index is 9.55. The molecule has 1 aliphatic rings. The maximum absolute atomic E-state index is 9.55. The molecule has 0 saturated carbocycles. The van der Waals surface area contributed by atoms with Crippen molar-refractivity contribution in [2.75, 3.05) is 24.6 Å². The van der Waals surface area contributed by atoms with E-state index in [0.717, 1.165) is 43.6 Å². The number of nitrogens with two attached hydrogens (primary N) is 1. The Hall–Kier alpha value is -1.75. The number of nitrogens with zero attached hydrogens (tertiary/aromatic N) is 2. The smallest absolute Gasteiger partial charge is 0.170 e. The number of amidine groups is 1. The molecule has 1 aromatic rings. The van der Waals surface area contributed by atoms with Crippen LogP contribution in [0.2, 0.25) is 0 Å². The maximum Gasteiger partial charge on any atom is 0.170 e. The van der Waals surface area contributed by atoms with Crippen LogP contribution in [0.15, 0.2) is 29.4 Å². The molecule has 1 saturated heterocycles. The van der Waals surface area contributed by atoms with Gasteiger partial charge in [-0.15, -0.1) is 0 Å². The summed E-state index contributed by atoms with van der Waals surface area (Å²) in [6, 6.07) is 8.02. The SMILES string of the molecule is CC(C)CCON=C(N)c1ccc(N2CCC(O)CC2)cc1. The molecule has 0 amide bonds. The van der Waals surface area contributed by atoms with Crippen LogP contribution in [0.3, 0.4) is 0 Å². The lowest BCUT2D eigenvalue weighted by Crippen LogP contribution is -2.35. The second-order valence-corrected chi connectivity index (χ2v) is 6.26. The van der Waals surface area contributed by atoms with E-state index in [4.69, 9.17) is 10.6 Å². The highest BCUT2D eigenvalue weighted by Crippen LogP contribution is 2.20. The summed E-state index contributed by atoms with van der Waals surface area (Å²) in [4.78, 5) is 7.52. The lowest BCUT2D eigenvalue weighted by Gasteiger charge is -2.31. The number of aliphatic hydroxyl groups is 1. The van der Waals surface area contributed by atoms with Gasteiger partial charge in [0.05, 0.1) is 6.10 Å². The first-order valence-corrected chi connectivity index (χ1v) is 8.05. The average Bonchev–Trinajstić information content (AvgIpc) is 2.52. The molecular weight excluding hydrogens is 278 g/mol. The monoisotopic (exact) mass is 305 g/mol. The largest absolute Gasteiger partial charge is 0.394 e. The van der Waals surface area contributed by atoms with Gasteiger partial charge in [0.25, 0.3) is 0 Å². The Kier molecular flexibility index (Phi) is 6.07. The van der Waals surface area contributed by atoms with Crippen LogP contribution in [0.25, 0.3) is 0 Å². The van der Waals surface area contributed by atoms with Gasteiger partial charge >= 0.3 is 0 Å². The predicted octanol–water partition coefficient (Wildman–Crippen LogP) is 2.33. The van der Waals surface area contributed by atoms with Crippen LogP contribution in [-0.2, 0) is 4.84 Å². The quantitative estimate of drug-likeness (QED) is 0.366. The number of aliphatic hydroxyl groups excluding tert-OH is 1. The van der Waals surface area contributed by atoms with Gasteiger partial charge in [-0.1, -0.05) is 19.0 Å². The van der Waals surface area contributed by atoms with Crippen molar-refractivity contribution in [1.82, 2.24) is 0 Å². The van der Waals surface area contributed by atoms with E-state index in [0.29, 0.717) is 18.4 Å². The molecule has 0 bridgehead atoms. The zero-order valence-corrected chi connectivity index (χ0v) is 13.5. The Morgan fingerprint density at radius 3 is 2.55 bits per heavy atom. The Bertz CT molecular complexity index is 477. The molecule has 0 aliphatic carbocycles. The van der Waals surface area contributed by atoms with E-state index in [1.807, 2.05) is 24.3 Å². The fourth-order valence-corrected chi connectivity index (χ4v) is 2.42. The second-order valence-electron chi connectivity index (χ2n) is 6.26. The standard InChI is InChI=1S/C17H27N3O2/c1-13(2)9-12-22-19-17(18)14-3-5-15(6-4-14)20-10-7-16(21)8-11-20/h3-6,13,16,21H,7-12H2,1-2H3,(H2,18,19). The Labute approximate surface area is 132 Å². The number of benzene rings is 1. The van der Waals surface area contributed by atoms with Crippen LogP contribution in [0.4, 0.5) is 5.69 Å². The van der Waals surface area contributed by atoms with Gasteiger partial charge in [0.15, 0.2) is 5.84 Å². The van der Waals surface area contributed by atoms with Crippen molar-refractivity contribution in [3.05, 3.63) is 29.8 Å². The topological polar surface area (TPSA) is 71.1 Å². The van der Waals surface area contributed by atoms with Crippen LogP contribution in [0.5, 0.6) is 0 Å². The van der Waals surface area contributed by atoms with Crippen LogP contribution >= 0.6 is 0 Å². The first-order valence-electron chi connectivity index (χ1n) is 8.05. The van der Waals surface area contributed by atoms with Crippen molar-refractivity contribution in [3.8, 4) is 0 Å². The summed E-state index contributed by atoms with van der Waals surface area (Å²) in [6.45, 7) is 6.67. The molecular formula is C17H27N3O2. The van der Waals surface area contributed by atoms with E-state index in [9.17, 15) is 5.11 Å². The molecule has 1 aromatic carbocycles. The summed E-state index contributed by atoms with van der Waals surface area (Å²) in [7, 11) is 0. The molecule has 0 atom stereocenters. The highest BCUT2D eigenvalue weighted by Gasteiger charge is 2.17. The number of hydrogen-bond acceptors (Lipinski definition) is 4. The minimum atomic E-state index is -0.152. The van der Waals surface area contributed by atoms with Crippen LogP contribution in [0, 0.1) is 5.92 Å². The molecule has 22 heavy (non-hydrogen) atoms. The third kappa shape index (κ3) is 4.91. The molecule has 5 heteroatoms. The predicted molar refractivity (Wildman–Crippen MR) is 90.0 cm³/mol. The summed E-state index contributed by atoms with van der Waals surface area (Å²) in [5, 5.41) is 13.5. The Morgan fingerprint density at radius 2 is 1.95 bits per heavy atom. The van der Waals surface area contributed by atoms with Gasteiger partial charge in [-0.2, -0.15) is 0 Å². The normalized spacial score (nSPS) is 17.1. The number of hydrogen-bond donors (Lipinski definition) is 2. The van der Waals surface area contributed by atoms with Gasteiger partial charge in [-0.25, -0.2) is 0 Å². The number of anilines is 1. The molecule has 122 valence electrons. The Balaban J connectivity index is 1.89. The molecule has 0 radical (unpaired) electrons. The fourth-order valence-electron chi connectivity index (χ4n) is 2.42. The summed E-state index contributed by atoms with van der Waals surface area (Å²) < 4.78 is 0. The Morgan fingerprint density at radius 1 is 1.32 bits per heavy atom. The number of rotatable bonds is 6. The van der Waals surface area contributed by atoms with Crippen LogP contribution in [0.1, 0.15) is 38.7 Å². The van der Waals surface area contributed by atoms with Crippen molar-refractivity contribution in [2.24, 2.45) is 16.8 Å². The van der Waals surface area contributed by atoms with Gasteiger partial charge in [0.2, 0.25) is 0 Å². The van der Waals surface area contributed by atoms with Crippen molar-refractivity contribution < 1.29 is 9.94 Å². The van der Waals surface area contributed by atoms with E-state index >= 15 is 0 Å². The summed E-state index contributed by atoms with van der Waals surface area (Å²) in [6.07, 6.45) is 2.47. The minimum absolute atomic E-state index is 0.152. The molecule has 1 heterocycles. The highest BCUT2D eigenvalue weighted by molar-refractivity contribution is 5.97. The fraction of sp³-hybridized carbons (Fsp3) is 0.588. The molecule has 2 rings (SSSR count). The van der Waals surface area contributed by atoms with E-state index in [1.54, 1.807) is 0 Å². The first kappa shape index (κ1) is 16.6. The average molecular weight is 305 g/mol. The van der Waals surface area contributed by atoms with Crippen molar-refractivity contribution in [2.45, 2.75) is 39.2 Å². The van der Waals surface area contributed by atoms with E-state index in [2.05, 4.69) is 23.9 Å². The molecule has 0 spiro atoms. The summed E-state index contributed by atoms with van der Waals surface area (Å²) >= 11 is 0. The van der Waals surface area contributed by atoms with Gasteiger partial charge in [-0.3, -0.25) is 0 Å². The first-order chi connectivity index (χ1) is 10.6. The number of oxime groups is 1. The van der Waals surface area contributed by atoms with Crippen LogP contribution in [-0.4, -0.2) is 36.7 Å². The molecule has 1 aliphatic heterocycles. The minimum Gasteiger partial charge on any atom is -0.394 e. The zero-order chi connectivity index (χ0) is 15.9. The molecule has 3 N–H and O–H groups in total. The molecule has 5 nitrogen and oxygen atoms in total. The third-order valence-electron chi connectivity index (χ3n) is 3.94. The van der Waals surface area contributed by atoms with Crippen molar-refractivity contribution in [1.29, 1.82) is 0 Å². The summed E-state index contributed by atoms with van der Waals surface area (Å²) in [5.41, 5.74) is 7.96. The van der Waals surface area contributed by atoms with Crippen molar-refractivity contribution in [3.63, 3.8) is 0 Å². The van der Waals surface area contributed by atoms with E-state index in [-0.39, 0.29) is 6.10 Å². The molecule has 0 unspecified atom stereocenters. The van der Waals surface area contributed by atoms with Gasteiger partial charge in [0.1, 0.15) is 6.61 Å². The second kappa shape index (κ2) is 8.03.